The average Bonchev–Trinajstić information content (AvgIpc) is 2.42. The summed E-state index contributed by atoms with van der Waals surface area (Å²) >= 11 is 0. The van der Waals surface area contributed by atoms with Gasteiger partial charge in [0.2, 0.25) is 5.91 Å². The number of nitrogens with two attached hydrogens (primary N) is 1. The zero-order valence-electron chi connectivity index (χ0n) is 11.5. The van der Waals surface area contributed by atoms with Crippen LogP contribution >= 0.6 is 0 Å². The van der Waals surface area contributed by atoms with Crippen LogP contribution in [0, 0.1) is 16.7 Å². The van der Waals surface area contributed by atoms with Crippen molar-refractivity contribution in [3.05, 3.63) is 48.1 Å². The number of likely N-dealkylation sites (tertiary alicyclic amines) is 1. The van der Waals surface area contributed by atoms with E-state index in [1.165, 1.54) is 5.57 Å². The third-order valence-electron chi connectivity index (χ3n) is 3.87. The molecule has 0 aromatic rings. The number of nitrogens with zero attached hydrogens (tertiary/aromatic N) is 2. The first kappa shape index (κ1) is 14.3. The zero-order chi connectivity index (χ0) is 14.4. The van der Waals surface area contributed by atoms with E-state index in [9.17, 15) is 10.1 Å². The molecule has 2 N–H and O–H groups in total. The Morgan fingerprint density at radius 1 is 1.25 bits per heavy atom. The molecule has 1 amide bonds. The van der Waals surface area contributed by atoms with Crippen molar-refractivity contribution in [1.82, 2.24) is 4.90 Å². The van der Waals surface area contributed by atoms with Gasteiger partial charge in [-0.25, -0.2) is 0 Å². The third kappa shape index (κ3) is 3.25. The summed E-state index contributed by atoms with van der Waals surface area (Å²) in [4.78, 5) is 13.7. The second-order valence-electron chi connectivity index (χ2n) is 5.20. The summed E-state index contributed by atoms with van der Waals surface area (Å²) in [7, 11) is 0. The maximum Gasteiger partial charge on any atom is 0.238 e. The Morgan fingerprint density at radius 3 is 2.55 bits per heavy atom. The molecule has 0 aromatic carbocycles. The quantitative estimate of drug-likeness (QED) is 0.847. The summed E-state index contributed by atoms with van der Waals surface area (Å²) in [5.74, 6) is -0.488. The molecule has 1 fully saturated rings. The molecular formula is C16H19N3O. The fourth-order valence-electron chi connectivity index (χ4n) is 2.48. The first-order chi connectivity index (χ1) is 9.66. The molecule has 1 aliphatic carbocycles. The normalized spacial score (nSPS) is 21.6. The van der Waals surface area contributed by atoms with Crippen LogP contribution in [-0.4, -0.2) is 30.4 Å². The SMILES string of the molecule is N#CC1(C(N)=O)CCN(CC2=CC=CC=CC=C2)CC1. The molecule has 0 bridgehead atoms. The van der Waals surface area contributed by atoms with E-state index < -0.39 is 11.3 Å². The highest BCUT2D eigenvalue weighted by Gasteiger charge is 2.40. The summed E-state index contributed by atoms with van der Waals surface area (Å²) in [6, 6.07) is 2.11. The minimum Gasteiger partial charge on any atom is -0.368 e. The predicted molar refractivity (Wildman–Crippen MR) is 78.4 cm³/mol. The van der Waals surface area contributed by atoms with Crippen LogP contribution in [0.1, 0.15) is 12.8 Å². The smallest absolute Gasteiger partial charge is 0.238 e. The first-order valence-corrected chi connectivity index (χ1v) is 6.80. The van der Waals surface area contributed by atoms with Crippen molar-refractivity contribution >= 4 is 5.91 Å². The lowest BCUT2D eigenvalue weighted by Gasteiger charge is -2.35. The van der Waals surface area contributed by atoms with Gasteiger partial charge in [-0.1, -0.05) is 42.5 Å². The minimum absolute atomic E-state index is 0.488. The number of hydrogen-bond acceptors (Lipinski definition) is 3. The van der Waals surface area contributed by atoms with E-state index >= 15 is 0 Å². The molecule has 0 unspecified atom stereocenters. The van der Waals surface area contributed by atoms with E-state index in [1.807, 2.05) is 30.4 Å². The van der Waals surface area contributed by atoms with Crippen molar-refractivity contribution in [3.63, 3.8) is 0 Å². The van der Waals surface area contributed by atoms with Gasteiger partial charge in [0.1, 0.15) is 5.41 Å². The van der Waals surface area contributed by atoms with Crippen molar-refractivity contribution in [3.8, 4) is 6.07 Å². The number of carbonyl (C=O) groups is 1. The van der Waals surface area contributed by atoms with Crippen LogP contribution in [0.5, 0.6) is 0 Å². The standard InChI is InChI=1S/C16H19N3O/c17-13-16(15(18)20)8-10-19(11-9-16)12-14-6-4-2-1-3-5-7-14/h1-7H,8-12H2,(H2,18,20). The Labute approximate surface area is 119 Å². The number of carbonyl (C=O) groups excluding carboxylic acids is 1. The Bertz CT molecular complexity index is 526. The van der Waals surface area contributed by atoms with Gasteiger partial charge in [-0.2, -0.15) is 5.26 Å². The average molecular weight is 269 g/mol. The molecule has 0 saturated carbocycles. The summed E-state index contributed by atoms with van der Waals surface area (Å²) in [6.45, 7) is 2.28. The third-order valence-corrected chi connectivity index (χ3v) is 3.87. The van der Waals surface area contributed by atoms with Gasteiger partial charge >= 0.3 is 0 Å². The lowest BCUT2D eigenvalue weighted by molar-refractivity contribution is -0.126. The molecular weight excluding hydrogens is 250 g/mol. The van der Waals surface area contributed by atoms with Crippen LogP contribution in [0.4, 0.5) is 0 Å². The lowest BCUT2D eigenvalue weighted by Crippen LogP contribution is -2.46. The van der Waals surface area contributed by atoms with Crippen LogP contribution in [0.3, 0.4) is 0 Å². The van der Waals surface area contributed by atoms with Gasteiger partial charge in [0.25, 0.3) is 0 Å². The monoisotopic (exact) mass is 269 g/mol. The molecule has 4 heteroatoms. The number of hydrogen-bond donors (Lipinski definition) is 1. The highest BCUT2D eigenvalue weighted by molar-refractivity contribution is 5.83. The lowest BCUT2D eigenvalue weighted by atomic mass is 9.79. The van der Waals surface area contributed by atoms with Crippen molar-refractivity contribution in [2.75, 3.05) is 19.6 Å². The number of rotatable bonds is 3. The van der Waals surface area contributed by atoms with Crippen LogP contribution in [0.25, 0.3) is 0 Å². The van der Waals surface area contributed by atoms with Gasteiger partial charge in [-0.3, -0.25) is 9.69 Å². The molecule has 0 radical (unpaired) electrons. The van der Waals surface area contributed by atoms with Gasteiger partial charge < -0.3 is 5.73 Å². The molecule has 1 aliphatic heterocycles. The molecule has 1 saturated heterocycles. The molecule has 2 rings (SSSR count). The predicted octanol–water partition coefficient (Wildman–Crippen LogP) is 1.69. The molecule has 0 spiro atoms. The topological polar surface area (TPSA) is 70.1 Å². The van der Waals surface area contributed by atoms with Crippen LogP contribution in [-0.2, 0) is 4.79 Å². The molecule has 104 valence electrons. The Balaban J connectivity index is 1.95. The van der Waals surface area contributed by atoms with E-state index in [-0.39, 0.29) is 0 Å². The number of primary amides is 1. The maximum atomic E-state index is 11.4. The first-order valence-electron chi connectivity index (χ1n) is 6.80. The van der Waals surface area contributed by atoms with Gasteiger partial charge in [0, 0.05) is 19.6 Å². The van der Waals surface area contributed by atoms with Gasteiger partial charge in [-0.05, 0) is 18.4 Å². The summed E-state index contributed by atoms with van der Waals surface area (Å²) < 4.78 is 0. The number of amides is 1. The van der Waals surface area contributed by atoms with E-state index in [4.69, 9.17) is 5.73 Å². The molecule has 20 heavy (non-hydrogen) atoms. The Morgan fingerprint density at radius 2 is 1.90 bits per heavy atom. The second-order valence-corrected chi connectivity index (χ2v) is 5.20. The summed E-state index contributed by atoms with van der Waals surface area (Å²) in [6.07, 6.45) is 15.2. The fourth-order valence-corrected chi connectivity index (χ4v) is 2.48. The zero-order valence-corrected chi connectivity index (χ0v) is 11.5. The van der Waals surface area contributed by atoms with Crippen molar-refractivity contribution in [2.24, 2.45) is 11.1 Å². The van der Waals surface area contributed by atoms with Crippen molar-refractivity contribution < 1.29 is 4.79 Å². The van der Waals surface area contributed by atoms with Crippen molar-refractivity contribution in [1.29, 1.82) is 5.26 Å². The Hall–Kier alpha value is -2.12. The van der Waals surface area contributed by atoms with Gasteiger partial charge in [0.05, 0.1) is 6.07 Å². The number of piperidine rings is 1. The molecule has 1 heterocycles. The highest BCUT2D eigenvalue weighted by Crippen LogP contribution is 2.30. The van der Waals surface area contributed by atoms with E-state index in [1.54, 1.807) is 0 Å². The van der Waals surface area contributed by atoms with Gasteiger partial charge in [0.15, 0.2) is 0 Å². The van der Waals surface area contributed by atoms with Crippen LogP contribution in [0.2, 0.25) is 0 Å². The Kier molecular flexibility index (Phi) is 4.54. The van der Waals surface area contributed by atoms with E-state index in [0.717, 1.165) is 19.6 Å². The molecule has 4 nitrogen and oxygen atoms in total. The fraction of sp³-hybridized carbons (Fsp3) is 0.375. The van der Waals surface area contributed by atoms with E-state index in [0.29, 0.717) is 12.8 Å². The number of allylic oxidation sites excluding steroid dienone is 6. The second kappa shape index (κ2) is 6.36. The molecule has 2 aliphatic rings. The van der Waals surface area contributed by atoms with E-state index in [2.05, 4.69) is 23.1 Å². The highest BCUT2D eigenvalue weighted by atomic mass is 16.1. The minimum atomic E-state index is -0.968. The van der Waals surface area contributed by atoms with Crippen LogP contribution in [0.15, 0.2) is 48.1 Å². The molecule has 0 atom stereocenters. The maximum absolute atomic E-state index is 11.4. The number of nitriles is 1. The van der Waals surface area contributed by atoms with Gasteiger partial charge in [-0.15, -0.1) is 0 Å². The summed E-state index contributed by atoms with van der Waals surface area (Å²) in [5.41, 5.74) is 5.61. The van der Waals surface area contributed by atoms with Crippen molar-refractivity contribution in [2.45, 2.75) is 12.8 Å². The van der Waals surface area contributed by atoms with Crippen LogP contribution < -0.4 is 5.73 Å². The largest absolute Gasteiger partial charge is 0.368 e. The molecule has 0 aromatic heterocycles. The summed E-state index contributed by atoms with van der Waals surface area (Å²) in [5, 5.41) is 9.18.